The first kappa shape index (κ1) is 36.2. The summed E-state index contributed by atoms with van der Waals surface area (Å²) in [5, 5.41) is 3.11. The van der Waals surface area contributed by atoms with Crippen molar-refractivity contribution in [3.05, 3.63) is 66.2 Å². The van der Waals surface area contributed by atoms with E-state index >= 15 is 0 Å². The summed E-state index contributed by atoms with van der Waals surface area (Å²) in [4.78, 5) is 29.3. The molecule has 0 aromatic heterocycles. The Morgan fingerprint density at radius 1 is 0.792 bits per heavy atom. The Kier molecular flexibility index (Phi) is 12.4. The molecule has 0 aliphatic heterocycles. The van der Waals surface area contributed by atoms with Crippen LogP contribution in [0.2, 0.25) is 0 Å². The van der Waals surface area contributed by atoms with Crippen molar-refractivity contribution in [2.24, 2.45) is 0 Å². The summed E-state index contributed by atoms with van der Waals surface area (Å²) < 4.78 is 57.0. The zero-order valence-electron chi connectivity index (χ0n) is 28.4. The van der Waals surface area contributed by atoms with Crippen molar-refractivity contribution in [3.63, 3.8) is 0 Å². The first-order valence-corrected chi connectivity index (χ1v) is 17.2. The van der Waals surface area contributed by atoms with E-state index in [0.717, 1.165) is 36.4 Å². The van der Waals surface area contributed by atoms with Gasteiger partial charge in [-0.1, -0.05) is 31.4 Å². The Bertz CT molecular complexity index is 1680. The quantitative estimate of drug-likeness (QED) is 0.240. The molecular weight excluding hydrogens is 638 g/mol. The average molecular weight is 684 g/mol. The van der Waals surface area contributed by atoms with Gasteiger partial charge in [0.25, 0.3) is 10.0 Å². The number of sulfonamides is 1. The molecule has 3 aromatic rings. The predicted molar refractivity (Wildman–Crippen MR) is 182 cm³/mol. The van der Waals surface area contributed by atoms with Gasteiger partial charge in [0.15, 0.2) is 11.5 Å². The molecule has 0 saturated heterocycles. The molecule has 0 radical (unpaired) electrons. The Morgan fingerprint density at radius 3 is 2.08 bits per heavy atom. The van der Waals surface area contributed by atoms with E-state index in [2.05, 4.69) is 5.32 Å². The number of nitrogens with zero attached hydrogens (tertiary/aromatic N) is 2. The van der Waals surface area contributed by atoms with Gasteiger partial charge < -0.3 is 33.9 Å². The zero-order valence-corrected chi connectivity index (χ0v) is 29.2. The Morgan fingerprint density at radius 2 is 1.44 bits per heavy atom. The van der Waals surface area contributed by atoms with Crippen LogP contribution in [0.25, 0.3) is 0 Å². The second-order valence-corrected chi connectivity index (χ2v) is 13.3. The standard InChI is InChI=1S/C35H45N3O9S/c1-24(35(40)36-26-12-8-7-9-13-26)37(22-25-11-10-14-27(19-25)43-2)34(39)23-38(30-20-28(44-3)15-17-31(30)45-4)48(41,42)29-16-18-32(46-5)33(21-29)47-6/h10-11,14-21,24,26H,7-9,12-13,22-23H2,1-6H3,(H,36,40)/t24-/m1/s1. The lowest BCUT2D eigenvalue weighted by atomic mass is 9.95. The number of hydrogen-bond acceptors (Lipinski definition) is 9. The number of rotatable bonds is 15. The van der Waals surface area contributed by atoms with Crippen molar-refractivity contribution < 1.29 is 41.7 Å². The minimum Gasteiger partial charge on any atom is -0.497 e. The molecule has 0 heterocycles. The van der Waals surface area contributed by atoms with Gasteiger partial charge in [-0.3, -0.25) is 13.9 Å². The van der Waals surface area contributed by atoms with Gasteiger partial charge in [-0.2, -0.15) is 0 Å². The van der Waals surface area contributed by atoms with Crippen molar-refractivity contribution in [2.45, 2.75) is 62.6 Å². The number of carbonyl (C=O) groups excluding carboxylic acids is 2. The third-order valence-corrected chi connectivity index (χ3v) is 10.2. The summed E-state index contributed by atoms with van der Waals surface area (Å²) in [6, 6.07) is 15.1. The van der Waals surface area contributed by atoms with Crippen LogP contribution in [0.4, 0.5) is 5.69 Å². The summed E-state index contributed by atoms with van der Waals surface area (Å²) in [5.41, 5.74) is 0.772. The number of amides is 2. The first-order chi connectivity index (χ1) is 23.1. The highest BCUT2D eigenvalue weighted by molar-refractivity contribution is 7.92. The van der Waals surface area contributed by atoms with Crippen molar-refractivity contribution in [2.75, 3.05) is 46.4 Å². The van der Waals surface area contributed by atoms with Crippen LogP contribution in [-0.2, 0) is 26.2 Å². The fourth-order valence-corrected chi connectivity index (χ4v) is 7.16. The van der Waals surface area contributed by atoms with Crippen LogP contribution in [0.15, 0.2) is 65.6 Å². The fraction of sp³-hybridized carbons (Fsp3) is 0.429. The van der Waals surface area contributed by atoms with Gasteiger partial charge in [0.1, 0.15) is 29.8 Å². The van der Waals surface area contributed by atoms with E-state index < -0.39 is 28.5 Å². The molecule has 1 aliphatic rings. The highest BCUT2D eigenvalue weighted by Gasteiger charge is 2.35. The maximum Gasteiger partial charge on any atom is 0.265 e. The number of ether oxygens (including phenoxy) is 5. The molecule has 1 aliphatic carbocycles. The molecule has 0 spiro atoms. The normalized spacial score (nSPS) is 14.0. The van der Waals surface area contributed by atoms with Crippen LogP contribution in [0, 0.1) is 0 Å². The van der Waals surface area contributed by atoms with E-state index in [1.807, 2.05) is 6.07 Å². The average Bonchev–Trinajstić information content (AvgIpc) is 3.12. The van der Waals surface area contributed by atoms with Crippen LogP contribution in [0.1, 0.15) is 44.6 Å². The van der Waals surface area contributed by atoms with Crippen molar-refractivity contribution >= 4 is 27.5 Å². The monoisotopic (exact) mass is 683 g/mol. The molecule has 3 aromatic carbocycles. The summed E-state index contributed by atoms with van der Waals surface area (Å²) in [6.07, 6.45) is 4.92. The Hall–Kier alpha value is -4.65. The van der Waals surface area contributed by atoms with E-state index in [4.69, 9.17) is 23.7 Å². The molecule has 1 fully saturated rings. The van der Waals surface area contributed by atoms with E-state index in [1.54, 1.807) is 44.4 Å². The molecule has 2 amide bonds. The SMILES string of the molecule is COc1cccc(CN(C(=O)CN(c2cc(OC)ccc2OC)S(=O)(=O)c2ccc(OC)c(OC)c2)[C@H](C)C(=O)NC2CCCCC2)c1. The number of hydrogen-bond donors (Lipinski definition) is 1. The maximum absolute atomic E-state index is 14.5. The lowest BCUT2D eigenvalue weighted by molar-refractivity contribution is -0.139. The van der Waals surface area contributed by atoms with Gasteiger partial charge in [-0.25, -0.2) is 8.42 Å². The molecule has 0 unspecified atom stereocenters. The van der Waals surface area contributed by atoms with Crippen LogP contribution in [-0.4, -0.2) is 79.3 Å². The van der Waals surface area contributed by atoms with Gasteiger partial charge in [0.2, 0.25) is 11.8 Å². The van der Waals surface area contributed by atoms with Crippen LogP contribution < -0.4 is 33.3 Å². The van der Waals surface area contributed by atoms with E-state index in [9.17, 15) is 18.0 Å². The number of methoxy groups -OCH3 is 5. The van der Waals surface area contributed by atoms with Crippen LogP contribution in [0.3, 0.4) is 0 Å². The predicted octanol–water partition coefficient (Wildman–Crippen LogP) is 4.79. The third kappa shape index (κ3) is 8.43. The highest BCUT2D eigenvalue weighted by atomic mass is 32.2. The number of benzene rings is 3. The smallest absolute Gasteiger partial charge is 0.265 e. The lowest BCUT2D eigenvalue weighted by Gasteiger charge is -2.33. The molecule has 48 heavy (non-hydrogen) atoms. The van der Waals surface area contributed by atoms with E-state index in [-0.39, 0.29) is 40.6 Å². The molecule has 1 atom stereocenters. The topological polar surface area (TPSA) is 133 Å². The largest absolute Gasteiger partial charge is 0.497 e. The Balaban J connectivity index is 1.79. The number of anilines is 1. The maximum atomic E-state index is 14.5. The van der Waals surface area contributed by atoms with Gasteiger partial charge in [0.05, 0.1) is 46.1 Å². The van der Waals surface area contributed by atoms with Crippen LogP contribution in [0.5, 0.6) is 28.7 Å². The van der Waals surface area contributed by atoms with Crippen molar-refractivity contribution in [1.29, 1.82) is 0 Å². The van der Waals surface area contributed by atoms with Gasteiger partial charge in [-0.15, -0.1) is 0 Å². The summed E-state index contributed by atoms with van der Waals surface area (Å²) in [7, 11) is 2.79. The highest BCUT2D eigenvalue weighted by Crippen LogP contribution is 2.38. The first-order valence-electron chi connectivity index (χ1n) is 15.8. The lowest BCUT2D eigenvalue weighted by Crippen LogP contribution is -2.53. The Labute approximate surface area is 282 Å². The summed E-state index contributed by atoms with van der Waals surface area (Å²) in [6.45, 7) is 1.01. The minimum absolute atomic E-state index is 0.0189. The fourth-order valence-electron chi connectivity index (χ4n) is 5.73. The van der Waals surface area contributed by atoms with E-state index in [1.165, 1.54) is 57.6 Å². The minimum atomic E-state index is -4.46. The van der Waals surface area contributed by atoms with Crippen molar-refractivity contribution in [3.8, 4) is 28.7 Å². The second kappa shape index (κ2) is 16.4. The molecule has 4 rings (SSSR count). The summed E-state index contributed by atoms with van der Waals surface area (Å²) in [5.74, 6) is 0.715. The van der Waals surface area contributed by atoms with E-state index in [0.29, 0.717) is 22.8 Å². The van der Waals surface area contributed by atoms with Crippen LogP contribution >= 0.6 is 0 Å². The van der Waals surface area contributed by atoms with Crippen molar-refractivity contribution in [1.82, 2.24) is 10.2 Å². The third-order valence-electron chi connectivity index (χ3n) is 8.48. The zero-order chi connectivity index (χ0) is 34.8. The second-order valence-electron chi connectivity index (χ2n) is 11.5. The molecule has 12 nitrogen and oxygen atoms in total. The molecule has 1 saturated carbocycles. The molecule has 13 heteroatoms. The molecule has 260 valence electrons. The van der Waals surface area contributed by atoms with Gasteiger partial charge in [-0.05, 0) is 61.7 Å². The molecule has 0 bridgehead atoms. The number of carbonyl (C=O) groups is 2. The number of nitrogens with one attached hydrogen (secondary N) is 1. The molecule has 1 N–H and O–H groups in total. The summed E-state index contributed by atoms with van der Waals surface area (Å²) >= 11 is 0. The molecular formula is C35H45N3O9S. The van der Waals surface area contributed by atoms with Gasteiger partial charge in [0, 0.05) is 24.7 Å². The van der Waals surface area contributed by atoms with Gasteiger partial charge >= 0.3 is 0 Å².